The summed E-state index contributed by atoms with van der Waals surface area (Å²) in [4.78, 5) is 78.1. The Morgan fingerprint density at radius 2 is 1.67 bits per heavy atom. The zero-order valence-corrected chi connectivity index (χ0v) is 36.4. The number of aliphatic carboxylic acids is 1. The predicted octanol–water partition coefficient (Wildman–Crippen LogP) is 5.45. The molecule has 1 aromatic carbocycles. The molecule has 2 heterocycles. The molecule has 60 heavy (non-hydrogen) atoms. The van der Waals surface area contributed by atoms with E-state index in [4.69, 9.17) is 19.4 Å². The van der Waals surface area contributed by atoms with Crippen LogP contribution >= 0.6 is 11.3 Å². The average molecular weight is 846 g/mol. The van der Waals surface area contributed by atoms with Gasteiger partial charge in [0.15, 0.2) is 5.13 Å². The fourth-order valence-electron chi connectivity index (χ4n) is 8.59. The standard InChI is InChI=1S/C44H59N7O8S/c1-9-25-21-44(25,41(56)57)51-38(53)30-18-27(59-34-20-32(33-22-60-42(48-33)46-23(2)3)47-31-19-26(58-8)15-16-28(31)34)17-29(30)37(52)50-36(43(4,5)6)40(55)49-35(39(54)45-7)24-13-11-10-12-14-24/h9,15-16,19-20,22-25,27,29-30,35-36H,1,10-14,17-18,21H2,2-8H3,(H,45,54)(H,46,48)(H,49,55)(H,50,52)(H,51,53)(H,56,57)/t25-,27+,29-,30-,35?,36-,44-/m1/s1. The molecule has 4 amide bonds. The van der Waals surface area contributed by atoms with Gasteiger partial charge >= 0.3 is 5.97 Å². The van der Waals surface area contributed by atoms with Crippen molar-refractivity contribution < 1.29 is 38.6 Å². The maximum atomic E-state index is 14.6. The van der Waals surface area contributed by atoms with Crippen LogP contribution in [0.25, 0.3) is 22.3 Å². The van der Waals surface area contributed by atoms with Gasteiger partial charge in [0, 0.05) is 41.9 Å². The normalized spacial score (nSPS) is 23.9. The summed E-state index contributed by atoms with van der Waals surface area (Å²) >= 11 is 1.45. The van der Waals surface area contributed by atoms with E-state index in [9.17, 15) is 29.1 Å². The van der Waals surface area contributed by atoms with E-state index in [2.05, 4.69) is 33.2 Å². The number of methoxy groups -OCH3 is 1. The summed E-state index contributed by atoms with van der Waals surface area (Å²) in [5.74, 6) is -4.58. The second-order valence-corrected chi connectivity index (χ2v) is 18.6. The molecule has 0 saturated heterocycles. The number of amides is 4. The highest BCUT2D eigenvalue weighted by atomic mass is 32.1. The monoisotopic (exact) mass is 845 g/mol. The number of nitrogens with one attached hydrogen (secondary N) is 5. The van der Waals surface area contributed by atoms with E-state index in [0.29, 0.717) is 33.8 Å². The van der Waals surface area contributed by atoms with Gasteiger partial charge in [0.05, 0.1) is 30.2 Å². The Hall–Kier alpha value is -5.25. The van der Waals surface area contributed by atoms with Gasteiger partial charge in [0.2, 0.25) is 23.6 Å². The fourth-order valence-corrected chi connectivity index (χ4v) is 9.44. The number of nitrogens with zero attached hydrogens (tertiary/aromatic N) is 2. The third kappa shape index (κ3) is 9.69. The van der Waals surface area contributed by atoms with Crippen molar-refractivity contribution in [2.45, 2.75) is 116 Å². The van der Waals surface area contributed by atoms with Crippen LogP contribution < -0.4 is 36.1 Å². The Balaban J connectivity index is 1.31. The first-order valence-corrected chi connectivity index (χ1v) is 21.7. The molecule has 15 nitrogen and oxygen atoms in total. The lowest BCUT2D eigenvalue weighted by molar-refractivity contribution is -0.145. The average Bonchev–Trinajstić information content (AvgIpc) is 3.48. The third-order valence-corrected chi connectivity index (χ3v) is 12.8. The quantitative estimate of drug-likeness (QED) is 0.1000. The van der Waals surface area contributed by atoms with Crippen molar-refractivity contribution in [1.29, 1.82) is 0 Å². The van der Waals surface area contributed by atoms with Gasteiger partial charge in [-0.15, -0.1) is 17.9 Å². The molecular weight excluding hydrogens is 787 g/mol. The number of carbonyl (C=O) groups is 5. The van der Waals surface area contributed by atoms with E-state index >= 15 is 0 Å². The van der Waals surface area contributed by atoms with Gasteiger partial charge in [-0.1, -0.05) is 46.1 Å². The lowest BCUT2D eigenvalue weighted by Crippen LogP contribution is -2.60. The summed E-state index contributed by atoms with van der Waals surface area (Å²) in [5, 5.41) is 28.1. The van der Waals surface area contributed by atoms with Crippen LogP contribution in [-0.2, 0) is 24.0 Å². The first-order chi connectivity index (χ1) is 28.5. The first-order valence-electron chi connectivity index (χ1n) is 20.9. The van der Waals surface area contributed by atoms with Crippen LogP contribution in [0.4, 0.5) is 5.13 Å². The lowest BCUT2D eigenvalue weighted by Gasteiger charge is -2.35. The number of aromatic nitrogens is 2. The van der Waals surface area contributed by atoms with E-state index in [1.807, 2.05) is 46.1 Å². The van der Waals surface area contributed by atoms with Crippen molar-refractivity contribution in [3.63, 3.8) is 0 Å². The van der Waals surface area contributed by atoms with Crippen LogP contribution in [0.5, 0.6) is 11.5 Å². The molecule has 7 atom stereocenters. The maximum absolute atomic E-state index is 14.6. The number of rotatable bonds is 16. The molecule has 324 valence electrons. The molecule has 3 aromatic rings. The number of anilines is 1. The Bertz CT molecular complexity index is 2110. The van der Waals surface area contributed by atoms with Gasteiger partial charge in [0.1, 0.15) is 40.9 Å². The van der Waals surface area contributed by atoms with Gasteiger partial charge < -0.3 is 41.2 Å². The number of hydrogen-bond donors (Lipinski definition) is 6. The van der Waals surface area contributed by atoms with E-state index < -0.39 is 70.6 Å². The number of thiazole rings is 1. The molecule has 3 aliphatic carbocycles. The fraction of sp³-hybridized carbons (Fsp3) is 0.568. The number of hydrogen-bond acceptors (Lipinski definition) is 11. The molecule has 0 radical (unpaired) electrons. The maximum Gasteiger partial charge on any atom is 0.330 e. The smallest absolute Gasteiger partial charge is 0.330 e. The van der Waals surface area contributed by atoms with Crippen LogP contribution in [0.15, 0.2) is 42.3 Å². The van der Waals surface area contributed by atoms with Crippen molar-refractivity contribution in [3.8, 4) is 22.9 Å². The molecule has 0 spiro atoms. The number of fused-ring (bicyclic) bond motifs is 1. The summed E-state index contributed by atoms with van der Waals surface area (Å²) in [6, 6.07) is 5.56. The summed E-state index contributed by atoms with van der Waals surface area (Å²) in [6.45, 7) is 13.3. The van der Waals surface area contributed by atoms with Crippen molar-refractivity contribution in [1.82, 2.24) is 31.2 Å². The number of likely N-dealkylation sites (N-methyl/N-ethyl adjacent to an activating group) is 1. The Kier molecular flexibility index (Phi) is 13.4. The highest BCUT2D eigenvalue weighted by Gasteiger charge is 2.61. The van der Waals surface area contributed by atoms with Crippen LogP contribution in [0.3, 0.4) is 0 Å². The van der Waals surface area contributed by atoms with Crippen molar-refractivity contribution in [2.75, 3.05) is 19.5 Å². The van der Waals surface area contributed by atoms with Gasteiger partial charge in [-0.2, -0.15) is 0 Å². The van der Waals surface area contributed by atoms with Crippen molar-refractivity contribution >= 4 is 57.0 Å². The minimum absolute atomic E-state index is 0.0386. The molecular formula is C44H59N7O8S. The zero-order chi connectivity index (χ0) is 43.5. The molecule has 16 heteroatoms. The van der Waals surface area contributed by atoms with E-state index in [0.717, 1.165) is 37.2 Å². The second-order valence-electron chi connectivity index (χ2n) is 17.8. The summed E-state index contributed by atoms with van der Waals surface area (Å²) in [5.41, 5.74) is -0.544. The summed E-state index contributed by atoms with van der Waals surface area (Å²) in [7, 11) is 3.11. The van der Waals surface area contributed by atoms with Crippen molar-refractivity contribution in [3.05, 3.63) is 42.3 Å². The van der Waals surface area contributed by atoms with Gasteiger partial charge in [-0.3, -0.25) is 19.2 Å². The lowest BCUT2D eigenvalue weighted by atomic mass is 9.82. The minimum atomic E-state index is -1.52. The van der Waals surface area contributed by atoms with E-state index in [-0.39, 0.29) is 37.1 Å². The van der Waals surface area contributed by atoms with Crippen LogP contribution in [0.2, 0.25) is 0 Å². The molecule has 3 saturated carbocycles. The largest absolute Gasteiger partial charge is 0.497 e. The number of carboxylic acid groups (broad SMARTS) is 1. The van der Waals surface area contributed by atoms with Crippen LogP contribution in [0, 0.1) is 29.1 Å². The number of pyridine rings is 1. The number of carbonyl (C=O) groups excluding carboxylic acids is 4. The SMILES string of the molecule is C=C[C@@H]1C[C@]1(NC(=O)[C@@H]1C[C@@H](Oc2cc(-c3csc(NC(C)C)n3)nc3cc(OC)ccc23)C[C@H]1C(=O)N[C@H](C(=O)NC(C(=O)NC)C1CCCCC1)C(C)(C)C)C(=O)O. The zero-order valence-electron chi connectivity index (χ0n) is 35.6. The van der Waals surface area contributed by atoms with E-state index in [1.165, 1.54) is 24.5 Å². The molecule has 6 rings (SSSR count). The topological polar surface area (TPSA) is 210 Å². The number of ether oxygens (including phenoxy) is 2. The molecule has 3 aliphatic rings. The Labute approximate surface area is 355 Å². The predicted molar refractivity (Wildman–Crippen MR) is 230 cm³/mol. The van der Waals surface area contributed by atoms with Crippen molar-refractivity contribution in [2.24, 2.45) is 29.1 Å². The number of benzene rings is 1. The molecule has 3 fully saturated rings. The highest BCUT2D eigenvalue weighted by molar-refractivity contribution is 7.14. The first kappa shape index (κ1) is 44.3. The number of carboxylic acids is 1. The van der Waals surface area contributed by atoms with Gasteiger partial charge in [-0.25, -0.2) is 14.8 Å². The minimum Gasteiger partial charge on any atom is -0.497 e. The molecule has 1 unspecified atom stereocenters. The second kappa shape index (κ2) is 18.2. The molecule has 0 aliphatic heterocycles. The summed E-state index contributed by atoms with van der Waals surface area (Å²) < 4.78 is 12.2. The third-order valence-electron chi connectivity index (χ3n) is 12.0. The highest BCUT2D eigenvalue weighted by Crippen LogP contribution is 2.46. The van der Waals surface area contributed by atoms with Gasteiger partial charge in [-0.05, 0) is 69.4 Å². The summed E-state index contributed by atoms with van der Waals surface area (Å²) in [6.07, 6.45) is 5.80. The van der Waals surface area contributed by atoms with Crippen LogP contribution in [0.1, 0.15) is 86.0 Å². The molecule has 2 aromatic heterocycles. The Morgan fingerprint density at radius 3 is 2.27 bits per heavy atom. The van der Waals surface area contributed by atoms with Gasteiger partial charge in [0.25, 0.3) is 0 Å². The van der Waals surface area contributed by atoms with Crippen LogP contribution in [-0.4, -0.2) is 88.6 Å². The Morgan fingerprint density at radius 1 is 0.967 bits per heavy atom. The van der Waals surface area contributed by atoms with E-state index in [1.54, 1.807) is 25.3 Å². The molecule has 0 bridgehead atoms. The molecule has 6 N–H and O–H groups in total.